The second-order valence-electron chi connectivity index (χ2n) is 6.44. The van der Waals surface area contributed by atoms with E-state index in [0.717, 1.165) is 10.3 Å². The lowest BCUT2D eigenvalue weighted by Crippen LogP contribution is -2.15. The van der Waals surface area contributed by atoms with Gasteiger partial charge < -0.3 is 5.32 Å². The molecule has 142 valence electrons. The number of aromatic nitrogens is 1. The Balaban J connectivity index is 1.93. The molecule has 0 aliphatic carbocycles. The molecule has 0 saturated heterocycles. The van der Waals surface area contributed by atoms with E-state index in [2.05, 4.69) is 15.0 Å². The van der Waals surface area contributed by atoms with Gasteiger partial charge in [0.15, 0.2) is 5.13 Å². The van der Waals surface area contributed by atoms with Crippen molar-refractivity contribution in [3.8, 4) is 0 Å². The highest BCUT2D eigenvalue weighted by Gasteiger charge is 2.20. The number of benzene rings is 2. The Hall–Kier alpha value is -2.45. The lowest BCUT2D eigenvalue weighted by Gasteiger charge is -2.13. The van der Waals surface area contributed by atoms with Crippen molar-refractivity contribution < 1.29 is 13.2 Å². The SMILES string of the molecule is CCC(=O)Nc1nc2cc(NS(=O)(=O)c3c(C)cc(C)cc3C)ccc2s1. The summed E-state index contributed by atoms with van der Waals surface area (Å²) < 4.78 is 29.3. The maximum Gasteiger partial charge on any atom is 0.262 e. The molecule has 0 spiro atoms. The maximum absolute atomic E-state index is 12.9. The summed E-state index contributed by atoms with van der Waals surface area (Å²) in [6, 6.07) is 8.87. The predicted molar refractivity (Wildman–Crippen MR) is 110 cm³/mol. The highest BCUT2D eigenvalue weighted by atomic mass is 32.2. The molecule has 1 amide bonds. The van der Waals surface area contributed by atoms with Gasteiger partial charge in [-0.2, -0.15) is 0 Å². The summed E-state index contributed by atoms with van der Waals surface area (Å²) in [5.74, 6) is -0.111. The van der Waals surface area contributed by atoms with Crippen LogP contribution in [0.2, 0.25) is 0 Å². The van der Waals surface area contributed by atoms with Crippen LogP contribution in [0.4, 0.5) is 10.8 Å². The number of sulfonamides is 1. The molecule has 0 unspecified atom stereocenters. The van der Waals surface area contributed by atoms with Gasteiger partial charge in [0, 0.05) is 6.42 Å². The first-order valence-corrected chi connectivity index (χ1v) is 10.8. The van der Waals surface area contributed by atoms with Gasteiger partial charge in [-0.25, -0.2) is 13.4 Å². The predicted octanol–water partition coefficient (Wildman–Crippen LogP) is 4.37. The molecule has 0 aliphatic heterocycles. The van der Waals surface area contributed by atoms with Crippen molar-refractivity contribution in [1.29, 1.82) is 0 Å². The van der Waals surface area contributed by atoms with E-state index >= 15 is 0 Å². The van der Waals surface area contributed by atoms with E-state index < -0.39 is 10.0 Å². The van der Waals surface area contributed by atoms with Crippen molar-refractivity contribution in [2.75, 3.05) is 10.0 Å². The molecule has 1 aromatic heterocycles. The molecule has 0 radical (unpaired) electrons. The lowest BCUT2D eigenvalue weighted by atomic mass is 10.1. The van der Waals surface area contributed by atoms with E-state index in [1.807, 2.05) is 19.1 Å². The first-order valence-electron chi connectivity index (χ1n) is 8.50. The fourth-order valence-corrected chi connectivity index (χ4v) is 5.42. The zero-order chi connectivity index (χ0) is 19.8. The van der Waals surface area contributed by atoms with Gasteiger partial charge in [0.25, 0.3) is 10.0 Å². The summed E-state index contributed by atoms with van der Waals surface area (Å²) in [6.45, 7) is 7.29. The number of nitrogens with zero attached hydrogens (tertiary/aromatic N) is 1. The summed E-state index contributed by atoms with van der Waals surface area (Å²) in [7, 11) is -3.72. The number of carbonyl (C=O) groups excluding carboxylic acids is 1. The zero-order valence-corrected chi connectivity index (χ0v) is 17.2. The van der Waals surface area contributed by atoms with Crippen LogP contribution in [-0.2, 0) is 14.8 Å². The average Bonchev–Trinajstić information content (AvgIpc) is 2.94. The number of hydrogen-bond acceptors (Lipinski definition) is 5. The van der Waals surface area contributed by atoms with Crippen molar-refractivity contribution in [2.45, 2.75) is 39.0 Å². The third kappa shape index (κ3) is 4.12. The molecular weight excluding hydrogens is 382 g/mol. The van der Waals surface area contributed by atoms with Crippen LogP contribution in [0.25, 0.3) is 10.2 Å². The highest BCUT2D eigenvalue weighted by molar-refractivity contribution is 7.92. The number of aryl methyl sites for hydroxylation is 3. The van der Waals surface area contributed by atoms with E-state index in [-0.39, 0.29) is 5.91 Å². The van der Waals surface area contributed by atoms with Crippen LogP contribution in [0.1, 0.15) is 30.0 Å². The van der Waals surface area contributed by atoms with Gasteiger partial charge in [0.05, 0.1) is 20.8 Å². The quantitative estimate of drug-likeness (QED) is 0.662. The van der Waals surface area contributed by atoms with Crippen LogP contribution in [-0.4, -0.2) is 19.3 Å². The molecular formula is C19H21N3O3S2. The van der Waals surface area contributed by atoms with Crippen molar-refractivity contribution in [3.05, 3.63) is 47.0 Å². The van der Waals surface area contributed by atoms with Crippen molar-refractivity contribution in [1.82, 2.24) is 4.98 Å². The average molecular weight is 404 g/mol. The Morgan fingerprint density at radius 2 is 1.78 bits per heavy atom. The van der Waals surface area contributed by atoms with Crippen LogP contribution in [0, 0.1) is 20.8 Å². The van der Waals surface area contributed by atoms with Crippen molar-refractivity contribution in [3.63, 3.8) is 0 Å². The largest absolute Gasteiger partial charge is 0.302 e. The smallest absolute Gasteiger partial charge is 0.262 e. The van der Waals surface area contributed by atoms with Crippen LogP contribution in [0.3, 0.4) is 0 Å². The third-order valence-electron chi connectivity index (χ3n) is 4.08. The minimum Gasteiger partial charge on any atom is -0.302 e. The maximum atomic E-state index is 12.9. The zero-order valence-electron chi connectivity index (χ0n) is 15.6. The summed E-state index contributed by atoms with van der Waals surface area (Å²) in [6.07, 6.45) is 0.371. The number of fused-ring (bicyclic) bond motifs is 1. The Morgan fingerprint density at radius 1 is 1.11 bits per heavy atom. The van der Waals surface area contributed by atoms with E-state index in [1.54, 1.807) is 39.0 Å². The van der Waals surface area contributed by atoms with Gasteiger partial charge in [0.2, 0.25) is 5.91 Å². The highest BCUT2D eigenvalue weighted by Crippen LogP contribution is 2.30. The fourth-order valence-electron chi connectivity index (χ4n) is 3.05. The van der Waals surface area contributed by atoms with Crippen LogP contribution >= 0.6 is 11.3 Å². The minimum absolute atomic E-state index is 0.111. The number of nitrogens with one attached hydrogen (secondary N) is 2. The molecule has 27 heavy (non-hydrogen) atoms. The van der Waals surface area contributed by atoms with Crippen LogP contribution < -0.4 is 10.0 Å². The summed E-state index contributed by atoms with van der Waals surface area (Å²) in [5, 5.41) is 3.23. The van der Waals surface area contributed by atoms with Crippen molar-refractivity contribution in [2.24, 2.45) is 0 Å². The Kier molecular flexibility index (Phi) is 5.21. The molecule has 8 heteroatoms. The van der Waals surface area contributed by atoms with Crippen molar-refractivity contribution >= 4 is 48.3 Å². The van der Waals surface area contributed by atoms with Gasteiger partial charge >= 0.3 is 0 Å². The van der Waals surface area contributed by atoms with E-state index in [9.17, 15) is 13.2 Å². The molecule has 1 heterocycles. The first-order chi connectivity index (χ1) is 12.7. The molecule has 0 fully saturated rings. The number of amides is 1. The Labute approximate surface area is 162 Å². The fraction of sp³-hybridized carbons (Fsp3) is 0.263. The second-order valence-corrected chi connectivity index (χ2v) is 9.09. The number of rotatable bonds is 5. The molecule has 3 rings (SSSR count). The number of thiazole rings is 1. The molecule has 0 atom stereocenters. The topological polar surface area (TPSA) is 88.2 Å². The van der Waals surface area contributed by atoms with Gasteiger partial charge in [-0.1, -0.05) is 36.0 Å². The lowest BCUT2D eigenvalue weighted by molar-refractivity contribution is -0.115. The van der Waals surface area contributed by atoms with Gasteiger partial charge in [-0.3, -0.25) is 9.52 Å². The third-order valence-corrected chi connectivity index (χ3v) is 6.72. The number of carbonyl (C=O) groups is 1. The molecule has 0 bridgehead atoms. The summed E-state index contributed by atoms with van der Waals surface area (Å²) in [5.41, 5.74) is 3.50. The molecule has 0 aliphatic rings. The Bertz CT molecular complexity index is 1110. The summed E-state index contributed by atoms with van der Waals surface area (Å²) in [4.78, 5) is 16.2. The molecule has 0 saturated carbocycles. The van der Waals surface area contributed by atoms with Crippen LogP contribution in [0.5, 0.6) is 0 Å². The standard InChI is InChI=1S/C19H21N3O3S2/c1-5-17(23)21-19-20-15-10-14(6-7-16(15)26-19)22-27(24,25)18-12(3)8-11(2)9-13(18)4/h6-10,22H,5H2,1-4H3,(H,20,21,23). The van der Waals surface area contributed by atoms with Gasteiger partial charge in [-0.15, -0.1) is 0 Å². The van der Waals surface area contributed by atoms with E-state index in [4.69, 9.17) is 0 Å². The first kappa shape index (κ1) is 19.3. The Morgan fingerprint density at radius 3 is 2.41 bits per heavy atom. The molecule has 3 aromatic rings. The minimum atomic E-state index is -3.72. The van der Waals surface area contributed by atoms with E-state index in [0.29, 0.717) is 38.8 Å². The van der Waals surface area contributed by atoms with Crippen LogP contribution in [0.15, 0.2) is 35.2 Å². The number of hydrogen-bond donors (Lipinski definition) is 2. The molecule has 2 aromatic carbocycles. The van der Waals surface area contributed by atoms with Gasteiger partial charge in [0.1, 0.15) is 0 Å². The number of anilines is 2. The second kappa shape index (κ2) is 7.28. The summed E-state index contributed by atoms with van der Waals surface area (Å²) >= 11 is 1.35. The monoisotopic (exact) mass is 403 g/mol. The van der Waals surface area contributed by atoms with E-state index in [1.165, 1.54) is 11.3 Å². The normalized spacial score (nSPS) is 11.6. The van der Waals surface area contributed by atoms with Gasteiger partial charge in [-0.05, 0) is 50.1 Å². The molecule has 2 N–H and O–H groups in total. The molecule has 6 nitrogen and oxygen atoms in total.